The van der Waals surface area contributed by atoms with Crippen LogP contribution in [0.2, 0.25) is 0 Å². The van der Waals surface area contributed by atoms with Crippen molar-refractivity contribution in [3.8, 4) is 11.5 Å². The van der Waals surface area contributed by atoms with Gasteiger partial charge in [0, 0.05) is 15.6 Å². The largest absolute Gasteiger partial charge is 0.486 e. The third kappa shape index (κ3) is 1.82. The van der Waals surface area contributed by atoms with Gasteiger partial charge in [-0.15, -0.1) is 0 Å². The lowest BCUT2D eigenvalue weighted by Crippen LogP contribution is -2.18. The first kappa shape index (κ1) is 11.5. The lowest BCUT2D eigenvalue weighted by molar-refractivity contribution is 0.101. The normalized spacial score (nSPS) is 13.7. The molecule has 0 aliphatic carbocycles. The number of rotatable bonds is 2. The van der Waals surface area contributed by atoms with Gasteiger partial charge in [0.1, 0.15) is 13.2 Å². The highest BCUT2D eigenvalue weighted by Crippen LogP contribution is 2.40. The summed E-state index contributed by atoms with van der Waals surface area (Å²) in [5.74, 6) is 1.49. The Morgan fingerprint density at radius 1 is 1.44 bits per heavy atom. The average molecular weight is 285 g/mol. The second-order valence-corrected chi connectivity index (χ2v) is 4.50. The Morgan fingerprint density at radius 3 is 2.75 bits per heavy atom. The summed E-state index contributed by atoms with van der Waals surface area (Å²) in [5.41, 5.74) is 1.63. The molecule has 1 aliphatic rings. The zero-order valence-corrected chi connectivity index (χ0v) is 10.9. The second-order valence-electron chi connectivity index (χ2n) is 3.65. The molecule has 0 aromatic heterocycles. The van der Waals surface area contributed by atoms with Crippen LogP contribution in [-0.4, -0.2) is 19.0 Å². The molecule has 1 heterocycles. The Kier molecular flexibility index (Phi) is 3.19. The predicted molar refractivity (Wildman–Crippen MR) is 64.5 cm³/mol. The number of carbonyl (C=O) groups is 1. The zero-order chi connectivity index (χ0) is 11.7. The van der Waals surface area contributed by atoms with Gasteiger partial charge in [0.2, 0.25) is 0 Å². The number of ketones is 1. The van der Waals surface area contributed by atoms with Crippen LogP contribution in [0.3, 0.4) is 0 Å². The van der Waals surface area contributed by atoms with E-state index in [1.807, 2.05) is 13.0 Å². The van der Waals surface area contributed by atoms with E-state index in [0.717, 1.165) is 28.0 Å². The maximum absolute atomic E-state index is 11.6. The van der Waals surface area contributed by atoms with Crippen LogP contribution >= 0.6 is 15.9 Å². The number of carbonyl (C=O) groups excluding carboxylic acids is 1. The van der Waals surface area contributed by atoms with Crippen molar-refractivity contribution in [3.05, 3.63) is 21.7 Å². The van der Waals surface area contributed by atoms with E-state index in [1.165, 1.54) is 0 Å². The van der Waals surface area contributed by atoms with Crippen molar-refractivity contribution in [1.29, 1.82) is 0 Å². The maximum Gasteiger partial charge on any atom is 0.165 e. The highest BCUT2D eigenvalue weighted by molar-refractivity contribution is 9.10. The van der Waals surface area contributed by atoms with Crippen molar-refractivity contribution >= 4 is 21.7 Å². The van der Waals surface area contributed by atoms with Crippen LogP contribution in [0.4, 0.5) is 0 Å². The molecular weight excluding hydrogens is 272 g/mol. The van der Waals surface area contributed by atoms with Gasteiger partial charge in [0.05, 0.1) is 0 Å². The minimum Gasteiger partial charge on any atom is -0.486 e. The Morgan fingerprint density at radius 2 is 2.12 bits per heavy atom. The van der Waals surface area contributed by atoms with E-state index >= 15 is 0 Å². The van der Waals surface area contributed by atoms with E-state index in [-0.39, 0.29) is 5.78 Å². The summed E-state index contributed by atoms with van der Waals surface area (Å²) >= 11 is 3.41. The van der Waals surface area contributed by atoms with Crippen LogP contribution in [0, 0.1) is 0 Å². The molecule has 16 heavy (non-hydrogen) atoms. The smallest absolute Gasteiger partial charge is 0.165 e. The lowest BCUT2D eigenvalue weighted by Gasteiger charge is -2.23. The molecule has 3 nitrogen and oxygen atoms in total. The van der Waals surface area contributed by atoms with Gasteiger partial charge in [-0.2, -0.15) is 0 Å². The SMILES string of the molecule is CCc1c2c(cc(Br)c1C(C)=O)OCCO2. The first-order valence-electron chi connectivity index (χ1n) is 5.27. The minimum atomic E-state index is 0.0423. The van der Waals surface area contributed by atoms with E-state index < -0.39 is 0 Å². The van der Waals surface area contributed by atoms with Gasteiger partial charge < -0.3 is 9.47 Å². The third-order valence-corrected chi connectivity index (χ3v) is 3.21. The average Bonchev–Trinajstić information content (AvgIpc) is 2.26. The first-order valence-corrected chi connectivity index (χ1v) is 6.06. The number of benzene rings is 1. The molecule has 0 saturated carbocycles. The van der Waals surface area contributed by atoms with Crippen LogP contribution in [-0.2, 0) is 6.42 Å². The van der Waals surface area contributed by atoms with Gasteiger partial charge in [-0.3, -0.25) is 4.79 Å². The Labute approximate surface area is 103 Å². The summed E-state index contributed by atoms with van der Waals surface area (Å²) in [5, 5.41) is 0. The van der Waals surface area contributed by atoms with Crippen LogP contribution < -0.4 is 9.47 Å². The number of hydrogen-bond acceptors (Lipinski definition) is 3. The topological polar surface area (TPSA) is 35.5 Å². The molecule has 0 fully saturated rings. The molecule has 0 atom stereocenters. The van der Waals surface area contributed by atoms with Crippen LogP contribution in [0.15, 0.2) is 10.5 Å². The second kappa shape index (κ2) is 4.45. The van der Waals surface area contributed by atoms with Crippen LogP contribution in [0.1, 0.15) is 29.8 Å². The molecule has 4 heteroatoms. The highest BCUT2D eigenvalue weighted by atomic mass is 79.9. The standard InChI is InChI=1S/C12H13BrO3/c1-3-8-11(7(2)14)9(13)6-10-12(8)16-5-4-15-10/h6H,3-5H2,1-2H3. The van der Waals surface area contributed by atoms with Crippen molar-refractivity contribution < 1.29 is 14.3 Å². The number of halogens is 1. The first-order chi connectivity index (χ1) is 7.65. The van der Waals surface area contributed by atoms with Crippen molar-refractivity contribution in [2.45, 2.75) is 20.3 Å². The van der Waals surface area contributed by atoms with Gasteiger partial charge in [-0.1, -0.05) is 6.92 Å². The molecule has 2 rings (SSSR count). The molecule has 1 aromatic rings. The molecule has 0 amide bonds. The molecule has 0 saturated heterocycles. The number of hydrogen-bond donors (Lipinski definition) is 0. The summed E-state index contributed by atoms with van der Waals surface area (Å²) in [4.78, 5) is 11.6. The lowest BCUT2D eigenvalue weighted by atomic mass is 10.00. The fraction of sp³-hybridized carbons (Fsp3) is 0.417. The van der Waals surface area contributed by atoms with Crippen LogP contribution in [0.5, 0.6) is 11.5 Å². The Bertz CT molecular complexity index is 440. The number of ether oxygens (including phenoxy) is 2. The molecule has 0 spiro atoms. The summed E-state index contributed by atoms with van der Waals surface area (Å²) in [6.45, 7) is 4.67. The van der Waals surface area contributed by atoms with Gasteiger partial charge in [0.15, 0.2) is 17.3 Å². The summed E-state index contributed by atoms with van der Waals surface area (Å²) < 4.78 is 11.9. The minimum absolute atomic E-state index is 0.0423. The maximum atomic E-state index is 11.6. The van der Waals surface area contributed by atoms with E-state index in [0.29, 0.717) is 18.8 Å². The quantitative estimate of drug-likeness (QED) is 0.784. The molecule has 0 radical (unpaired) electrons. The van der Waals surface area contributed by atoms with E-state index in [4.69, 9.17) is 9.47 Å². The fourth-order valence-corrected chi connectivity index (χ4v) is 2.66. The predicted octanol–water partition coefficient (Wildman–Crippen LogP) is 2.99. The molecule has 1 aliphatic heterocycles. The van der Waals surface area contributed by atoms with Gasteiger partial charge in [-0.05, 0) is 35.3 Å². The van der Waals surface area contributed by atoms with E-state index in [2.05, 4.69) is 15.9 Å². The van der Waals surface area contributed by atoms with Crippen molar-refractivity contribution in [3.63, 3.8) is 0 Å². The molecule has 0 unspecified atom stereocenters. The fourth-order valence-electron chi connectivity index (χ4n) is 1.94. The Balaban J connectivity index is 2.67. The van der Waals surface area contributed by atoms with Gasteiger partial charge in [-0.25, -0.2) is 0 Å². The number of Topliss-reactive ketones (excluding diaryl/α,β-unsaturated/α-hetero) is 1. The Hall–Kier alpha value is -1.03. The summed E-state index contributed by atoms with van der Waals surface area (Å²) in [7, 11) is 0. The van der Waals surface area contributed by atoms with Crippen LogP contribution in [0.25, 0.3) is 0 Å². The van der Waals surface area contributed by atoms with Gasteiger partial charge in [0.25, 0.3) is 0 Å². The van der Waals surface area contributed by atoms with Gasteiger partial charge >= 0.3 is 0 Å². The summed E-state index contributed by atoms with van der Waals surface area (Å²) in [6, 6.07) is 1.81. The van der Waals surface area contributed by atoms with Crippen molar-refractivity contribution in [2.24, 2.45) is 0 Å². The van der Waals surface area contributed by atoms with E-state index in [1.54, 1.807) is 6.92 Å². The van der Waals surface area contributed by atoms with E-state index in [9.17, 15) is 4.79 Å². The van der Waals surface area contributed by atoms with Crippen molar-refractivity contribution in [1.82, 2.24) is 0 Å². The molecule has 0 bridgehead atoms. The zero-order valence-electron chi connectivity index (χ0n) is 9.30. The molecule has 1 aromatic carbocycles. The summed E-state index contributed by atoms with van der Waals surface area (Å²) in [6.07, 6.45) is 0.750. The molecule has 86 valence electrons. The number of fused-ring (bicyclic) bond motifs is 1. The molecular formula is C12H13BrO3. The highest BCUT2D eigenvalue weighted by Gasteiger charge is 2.22. The molecule has 0 N–H and O–H groups in total. The third-order valence-electron chi connectivity index (χ3n) is 2.59. The van der Waals surface area contributed by atoms with Crippen molar-refractivity contribution in [2.75, 3.05) is 13.2 Å². The monoisotopic (exact) mass is 284 g/mol.